The second kappa shape index (κ2) is 7.69. The highest BCUT2D eigenvalue weighted by molar-refractivity contribution is 7.98. The van der Waals surface area contributed by atoms with Crippen molar-refractivity contribution in [3.05, 3.63) is 6.07 Å². The number of ether oxygens (including phenoxy) is 1. The third kappa shape index (κ3) is 3.99. The maximum atomic E-state index is 5.52. The average Bonchev–Trinajstić information content (AvgIpc) is 2.92. The first-order chi connectivity index (χ1) is 9.76. The summed E-state index contributed by atoms with van der Waals surface area (Å²) >= 11 is 1.56. The number of hydrogen-bond donors (Lipinski definition) is 2. The van der Waals surface area contributed by atoms with Gasteiger partial charge >= 0.3 is 0 Å². The summed E-state index contributed by atoms with van der Waals surface area (Å²) in [6.07, 6.45) is 6.82. The van der Waals surface area contributed by atoms with Crippen LogP contribution in [0.3, 0.4) is 0 Å². The van der Waals surface area contributed by atoms with Crippen LogP contribution < -0.4 is 10.6 Å². The second-order valence-corrected chi connectivity index (χ2v) is 5.78. The van der Waals surface area contributed by atoms with Gasteiger partial charge in [-0.25, -0.2) is 9.97 Å². The van der Waals surface area contributed by atoms with Gasteiger partial charge in [-0.2, -0.15) is 0 Å². The van der Waals surface area contributed by atoms with E-state index < -0.39 is 0 Å². The molecule has 2 N–H and O–H groups in total. The Morgan fingerprint density at radius 3 is 2.85 bits per heavy atom. The van der Waals surface area contributed by atoms with E-state index in [1.54, 1.807) is 18.9 Å². The minimum Gasteiger partial charge on any atom is -0.379 e. The van der Waals surface area contributed by atoms with Crippen molar-refractivity contribution in [3.8, 4) is 0 Å². The molecule has 1 aromatic rings. The Labute approximate surface area is 125 Å². The number of nitrogens with one attached hydrogen (secondary N) is 2. The molecule has 0 bridgehead atoms. The summed E-state index contributed by atoms with van der Waals surface area (Å²) in [5, 5.41) is 7.62. The van der Waals surface area contributed by atoms with Crippen LogP contribution in [0, 0.1) is 0 Å². The highest BCUT2D eigenvalue weighted by Crippen LogP contribution is 2.26. The summed E-state index contributed by atoms with van der Waals surface area (Å²) in [7, 11) is 1.78. The first-order valence-electron chi connectivity index (χ1n) is 7.23. The van der Waals surface area contributed by atoms with Crippen molar-refractivity contribution in [2.24, 2.45) is 0 Å². The molecule has 1 aliphatic rings. The molecule has 0 spiro atoms. The van der Waals surface area contributed by atoms with Crippen LogP contribution in [-0.4, -0.2) is 42.0 Å². The quantitative estimate of drug-likeness (QED) is 0.596. The number of methoxy groups -OCH3 is 1. The molecule has 0 radical (unpaired) electrons. The topological polar surface area (TPSA) is 59.1 Å². The van der Waals surface area contributed by atoms with E-state index in [0.717, 1.165) is 42.6 Å². The van der Waals surface area contributed by atoms with Crippen LogP contribution >= 0.6 is 11.8 Å². The van der Waals surface area contributed by atoms with Crippen LogP contribution in [0.15, 0.2) is 11.2 Å². The summed E-state index contributed by atoms with van der Waals surface area (Å²) in [6.45, 7) is 3.07. The zero-order chi connectivity index (χ0) is 14.4. The number of nitrogens with zero attached hydrogens (tertiary/aromatic N) is 2. The maximum Gasteiger partial charge on any atom is 0.191 e. The molecular weight excluding hydrogens is 272 g/mol. The van der Waals surface area contributed by atoms with Gasteiger partial charge in [0, 0.05) is 19.7 Å². The first-order valence-corrected chi connectivity index (χ1v) is 8.45. The number of anilines is 2. The average molecular weight is 296 g/mol. The molecule has 0 saturated heterocycles. The van der Waals surface area contributed by atoms with Crippen molar-refractivity contribution >= 4 is 23.4 Å². The van der Waals surface area contributed by atoms with Crippen LogP contribution in [0.1, 0.15) is 32.6 Å². The van der Waals surface area contributed by atoms with Gasteiger partial charge in [-0.15, -0.1) is 0 Å². The number of rotatable bonds is 7. The molecule has 1 fully saturated rings. The summed E-state index contributed by atoms with van der Waals surface area (Å²) in [4.78, 5) is 9.01. The van der Waals surface area contributed by atoms with Crippen LogP contribution in [-0.2, 0) is 4.74 Å². The molecule has 1 heterocycles. The molecule has 2 atom stereocenters. The van der Waals surface area contributed by atoms with Crippen molar-refractivity contribution in [2.75, 3.05) is 30.5 Å². The predicted molar refractivity (Wildman–Crippen MR) is 84.7 cm³/mol. The van der Waals surface area contributed by atoms with Gasteiger partial charge in [0.15, 0.2) is 5.16 Å². The molecule has 5 nitrogen and oxygen atoms in total. The van der Waals surface area contributed by atoms with Crippen molar-refractivity contribution in [1.82, 2.24) is 9.97 Å². The molecule has 6 heteroatoms. The lowest BCUT2D eigenvalue weighted by molar-refractivity contribution is 0.101. The van der Waals surface area contributed by atoms with Gasteiger partial charge in [0.25, 0.3) is 0 Å². The Morgan fingerprint density at radius 2 is 2.15 bits per heavy atom. The summed E-state index contributed by atoms with van der Waals surface area (Å²) in [6, 6.07) is 2.34. The van der Waals surface area contributed by atoms with Gasteiger partial charge in [0.1, 0.15) is 11.6 Å². The van der Waals surface area contributed by atoms with E-state index in [-0.39, 0.29) is 6.10 Å². The van der Waals surface area contributed by atoms with Gasteiger partial charge in [0.2, 0.25) is 0 Å². The minimum absolute atomic E-state index is 0.287. The predicted octanol–water partition coefficient (Wildman–Crippen LogP) is 3.00. The Bertz CT molecular complexity index is 430. The smallest absolute Gasteiger partial charge is 0.191 e. The monoisotopic (exact) mass is 296 g/mol. The molecule has 2 unspecified atom stereocenters. The third-order valence-corrected chi connectivity index (χ3v) is 4.08. The molecule has 1 saturated carbocycles. The Kier molecular flexibility index (Phi) is 5.91. The SMILES string of the molecule is CCCNc1cc(NC2CCCC2OC)nc(SC)n1. The van der Waals surface area contributed by atoms with E-state index in [1.807, 2.05) is 12.3 Å². The standard InChI is InChI=1S/C14H24N4OS/c1-4-8-15-12-9-13(18-14(17-12)20-3)16-10-6-5-7-11(10)19-2/h9-11H,4-8H2,1-3H3,(H2,15,16,17,18). The molecule has 2 rings (SSSR count). The van der Waals surface area contributed by atoms with E-state index >= 15 is 0 Å². The highest BCUT2D eigenvalue weighted by Gasteiger charge is 2.27. The van der Waals surface area contributed by atoms with Gasteiger partial charge in [-0.3, -0.25) is 0 Å². The summed E-state index contributed by atoms with van der Waals surface area (Å²) < 4.78 is 5.52. The summed E-state index contributed by atoms with van der Waals surface area (Å²) in [5.41, 5.74) is 0. The van der Waals surface area contributed by atoms with Gasteiger partial charge in [-0.1, -0.05) is 18.7 Å². The number of aromatic nitrogens is 2. The molecule has 1 aromatic heterocycles. The van der Waals surface area contributed by atoms with Crippen LogP contribution in [0.25, 0.3) is 0 Å². The fourth-order valence-corrected chi connectivity index (χ4v) is 2.88. The molecule has 0 aliphatic heterocycles. The van der Waals surface area contributed by atoms with E-state index in [9.17, 15) is 0 Å². The Hall–Kier alpha value is -1.01. The first kappa shape index (κ1) is 15.4. The third-order valence-electron chi connectivity index (χ3n) is 3.53. The van der Waals surface area contributed by atoms with Crippen molar-refractivity contribution < 1.29 is 4.74 Å². The molecule has 112 valence electrons. The van der Waals surface area contributed by atoms with Crippen LogP contribution in [0.4, 0.5) is 11.6 Å². The van der Waals surface area contributed by atoms with Gasteiger partial charge in [0.05, 0.1) is 12.1 Å². The Balaban J connectivity index is 2.09. The molecule has 1 aliphatic carbocycles. The fourth-order valence-electron chi connectivity index (χ4n) is 2.50. The van der Waals surface area contributed by atoms with Crippen molar-refractivity contribution in [3.63, 3.8) is 0 Å². The fraction of sp³-hybridized carbons (Fsp3) is 0.714. The van der Waals surface area contributed by atoms with Crippen LogP contribution in [0.5, 0.6) is 0 Å². The molecule has 0 aromatic carbocycles. The zero-order valence-electron chi connectivity index (χ0n) is 12.5. The number of thioether (sulfide) groups is 1. The van der Waals surface area contributed by atoms with Gasteiger partial charge < -0.3 is 15.4 Å². The molecule has 20 heavy (non-hydrogen) atoms. The van der Waals surface area contributed by atoms with E-state index in [2.05, 4.69) is 27.5 Å². The minimum atomic E-state index is 0.287. The van der Waals surface area contributed by atoms with E-state index in [4.69, 9.17) is 4.74 Å². The van der Waals surface area contributed by atoms with E-state index in [0.29, 0.717) is 6.04 Å². The van der Waals surface area contributed by atoms with Crippen molar-refractivity contribution in [2.45, 2.75) is 49.9 Å². The number of hydrogen-bond acceptors (Lipinski definition) is 6. The summed E-state index contributed by atoms with van der Waals surface area (Å²) in [5.74, 6) is 1.78. The lowest BCUT2D eigenvalue weighted by Crippen LogP contribution is -2.30. The second-order valence-electron chi connectivity index (χ2n) is 5.01. The maximum absolute atomic E-state index is 5.52. The van der Waals surface area contributed by atoms with E-state index in [1.165, 1.54) is 6.42 Å². The highest BCUT2D eigenvalue weighted by atomic mass is 32.2. The largest absolute Gasteiger partial charge is 0.379 e. The van der Waals surface area contributed by atoms with Crippen molar-refractivity contribution in [1.29, 1.82) is 0 Å². The lowest BCUT2D eigenvalue weighted by atomic mass is 10.2. The normalized spacial score (nSPS) is 21.9. The van der Waals surface area contributed by atoms with Crippen LogP contribution in [0.2, 0.25) is 0 Å². The lowest BCUT2D eigenvalue weighted by Gasteiger charge is -2.20. The zero-order valence-corrected chi connectivity index (χ0v) is 13.3. The molecule has 0 amide bonds. The Morgan fingerprint density at radius 1 is 1.35 bits per heavy atom. The van der Waals surface area contributed by atoms with Gasteiger partial charge in [-0.05, 0) is 31.9 Å². The molecular formula is C14H24N4OS.